The van der Waals surface area contributed by atoms with Crippen LogP contribution < -0.4 is 10.6 Å². The fourth-order valence-corrected chi connectivity index (χ4v) is 4.35. The molecule has 0 radical (unpaired) electrons. The molecular formula is C20H39N4O4P. The summed E-state index contributed by atoms with van der Waals surface area (Å²) in [4.78, 5) is 27.2. The van der Waals surface area contributed by atoms with Gasteiger partial charge in [0.05, 0.1) is 0 Å². The van der Waals surface area contributed by atoms with Gasteiger partial charge in [0, 0.05) is 38.0 Å². The second kappa shape index (κ2) is 16.5. The van der Waals surface area contributed by atoms with E-state index in [1.165, 1.54) is 0 Å². The lowest BCUT2D eigenvalue weighted by atomic mass is 10.3. The lowest BCUT2D eigenvalue weighted by Gasteiger charge is -2.37. The molecule has 0 heterocycles. The highest BCUT2D eigenvalue weighted by molar-refractivity contribution is 7.44. The van der Waals surface area contributed by atoms with Crippen molar-refractivity contribution in [1.82, 2.24) is 15.3 Å². The molecule has 0 aromatic carbocycles. The molecule has 1 atom stereocenters. The van der Waals surface area contributed by atoms with Gasteiger partial charge in [0.25, 0.3) is 8.53 Å². The Balaban J connectivity index is 5.25. The molecule has 0 aromatic heterocycles. The zero-order valence-corrected chi connectivity index (χ0v) is 19.8. The van der Waals surface area contributed by atoms with Crippen molar-refractivity contribution in [3.05, 3.63) is 11.4 Å². The van der Waals surface area contributed by atoms with Gasteiger partial charge >= 0.3 is 0 Å². The average Bonchev–Trinajstić information content (AvgIpc) is 2.63. The van der Waals surface area contributed by atoms with E-state index in [1.54, 1.807) is 0 Å². The van der Waals surface area contributed by atoms with E-state index in [9.17, 15) is 9.59 Å². The van der Waals surface area contributed by atoms with Crippen LogP contribution >= 0.6 is 8.53 Å². The van der Waals surface area contributed by atoms with Crippen LogP contribution in [0.4, 0.5) is 0 Å². The van der Waals surface area contributed by atoms with Gasteiger partial charge in [-0.05, 0) is 40.5 Å². The van der Waals surface area contributed by atoms with E-state index in [1.807, 2.05) is 13.8 Å². The quantitative estimate of drug-likeness (QED) is 0.222. The molecule has 29 heavy (non-hydrogen) atoms. The number of hydrogen-bond donors (Lipinski definition) is 2. The first-order valence-corrected chi connectivity index (χ1v) is 11.6. The van der Waals surface area contributed by atoms with Gasteiger partial charge in [-0.15, -0.1) is 0 Å². The minimum absolute atomic E-state index is 0.0381. The first kappa shape index (κ1) is 27.7. The van der Waals surface area contributed by atoms with Crippen molar-refractivity contribution < 1.29 is 18.6 Å². The molecule has 0 aliphatic heterocycles. The Morgan fingerprint density at radius 3 is 1.86 bits per heavy atom. The Morgan fingerprint density at radius 2 is 1.48 bits per heavy atom. The van der Waals surface area contributed by atoms with Gasteiger partial charge < -0.3 is 24.5 Å². The molecule has 0 aromatic rings. The Hall–Kier alpha value is -1.26. The zero-order valence-electron chi connectivity index (χ0n) is 18.9. The third-order valence-corrected chi connectivity index (χ3v) is 6.08. The van der Waals surface area contributed by atoms with E-state index >= 15 is 0 Å². The molecule has 0 aliphatic rings. The maximum Gasteiger partial charge on any atom is 0.259 e. The standard InChI is InChI=1S/C20H39N4O4P/c1-8-10-19(25)22-14-18(15-23-20(26)11-9-2)28-29(27-13-12-21-7)24(16(3)4)17(5)6/h16-18H,8-15H2,1-6H3,(H,22,25)(H,23,26). The third-order valence-electron chi connectivity index (χ3n) is 3.90. The fourth-order valence-electron chi connectivity index (χ4n) is 2.65. The molecular weight excluding hydrogens is 391 g/mol. The monoisotopic (exact) mass is 430 g/mol. The van der Waals surface area contributed by atoms with E-state index < -0.39 is 14.6 Å². The smallest absolute Gasteiger partial charge is 0.259 e. The fraction of sp³-hybridized carbons (Fsp3) is 0.850. The summed E-state index contributed by atoms with van der Waals surface area (Å²) in [6.45, 7) is 20.3. The minimum Gasteiger partial charge on any atom is -0.353 e. The summed E-state index contributed by atoms with van der Waals surface area (Å²) in [5.74, 6) is -0.0763. The molecule has 9 heteroatoms. The van der Waals surface area contributed by atoms with Crippen LogP contribution in [-0.2, 0) is 18.6 Å². The van der Waals surface area contributed by atoms with Gasteiger partial charge in [-0.3, -0.25) is 9.59 Å². The van der Waals surface area contributed by atoms with Crippen molar-refractivity contribution >= 4 is 20.3 Å². The first-order valence-electron chi connectivity index (χ1n) is 10.5. The Morgan fingerprint density at radius 1 is 1.00 bits per heavy atom. The molecule has 0 aliphatic carbocycles. The normalized spacial score (nSPS) is 12.4. The SMILES string of the molecule is [C-]#[N+]CCOP(OC(CNC(=O)CCC)CNC(=O)CCC)N(C(C)C)C(C)C. The minimum atomic E-state index is -1.44. The van der Waals surface area contributed by atoms with Gasteiger partial charge in [0.15, 0.2) is 0 Å². The lowest BCUT2D eigenvalue weighted by molar-refractivity contribution is -0.121. The van der Waals surface area contributed by atoms with Crippen LogP contribution in [0, 0.1) is 6.57 Å². The van der Waals surface area contributed by atoms with E-state index in [0.29, 0.717) is 25.9 Å². The maximum atomic E-state index is 11.9. The van der Waals surface area contributed by atoms with Crippen molar-refractivity contribution in [2.45, 2.75) is 85.4 Å². The molecule has 0 saturated heterocycles. The number of nitrogens with one attached hydrogen (secondary N) is 2. The largest absolute Gasteiger partial charge is 0.353 e. The van der Waals surface area contributed by atoms with Crippen LogP contribution in [-0.4, -0.2) is 60.9 Å². The molecule has 168 valence electrons. The van der Waals surface area contributed by atoms with Gasteiger partial charge in [0.2, 0.25) is 18.4 Å². The van der Waals surface area contributed by atoms with Crippen LogP contribution in [0.2, 0.25) is 0 Å². The second-order valence-corrected chi connectivity index (χ2v) is 8.76. The highest BCUT2D eigenvalue weighted by Crippen LogP contribution is 2.46. The van der Waals surface area contributed by atoms with Gasteiger partial charge in [-0.2, -0.15) is 0 Å². The van der Waals surface area contributed by atoms with Crippen molar-refractivity contribution in [3.63, 3.8) is 0 Å². The maximum absolute atomic E-state index is 11.9. The van der Waals surface area contributed by atoms with Crippen LogP contribution in [0.5, 0.6) is 0 Å². The van der Waals surface area contributed by atoms with Crippen molar-refractivity contribution in [1.29, 1.82) is 0 Å². The summed E-state index contributed by atoms with van der Waals surface area (Å²) in [6, 6.07) is 0.359. The highest BCUT2D eigenvalue weighted by atomic mass is 31.2. The number of rotatable bonds is 16. The lowest BCUT2D eigenvalue weighted by Crippen LogP contribution is -2.42. The number of carbonyl (C=O) groups excluding carboxylic acids is 2. The highest BCUT2D eigenvalue weighted by Gasteiger charge is 2.30. The topological polar surface area (TPSA) is 84.3 Å². The Bertz CT molecular complexity index is 481. The molecule has 0 rings (SSSR count). The Labute approximate surface area is 177 Å². The predicted molar refractivity (Wildman–Crippen MR) is 117 cm³/mol. The molecule has 2 N–H and O–H groups in total. The van der Waals surface area contributed by atoms with Gasteiger partial charge in [0.1, 0.15) is 12.7 Å². The summed E-state index contributed by atoms with van der Waals surface area (Å²) in [5.41, 5.74) is 0. The van der Waals surface area contributed by atoms with E-state index in [0.717, 1.165) is 12.8 Å². The molecule has 1 unspecified atom stereocenters. The summed E-state index contributed by atoms with van der Waals surface area (Å²) in [6.07, 6.45) is 2.03. The molecule has 0 spiro atoms. The summed E-state index contributed by atoms with van der Waals surface area (Å²) >= 11 is 0. The van der Waals surface area contributed by atoms with Gasteiger partial charge in [-0.1, -0.05) is 13.8 Å². The summed E-state index contributed by atoms with van der Waals surface area (Å²) in [7, 11) is -1.44. The van der Waals surface area contributed by atoms with E-state index in [2.05, 4.69) is 47.8 Å². The first-order chi connectivity index (χ1) is 13.8. The second-order valence-electron chi connectivity index (χ2n) is 7.36. The number of hydrogen-bond acceptors (Lipinski definition) is 5. The van der Waals surface area contributed by atoms with Crippen molar-refractivity contribution in [2.75, 3.05) is 26.2 Å². The van der Waals surface area contributed by atoms with Crippen LogP contribution in [0.1, 0.15) is 67.2 Å². The van der Waals surface area contributed by atoms with E-state index in [4.69, 9.17) is 15.6 Å². The summed E-state index contributed by atoms with van der Waals surface area (Å²) in [5, 5.41) is 5.76. The van der Waals surface area contributed by atoms with Crippen molar-refractivity contribution in [3.8, 4) is 0 Å². The Kier molecular flexibility index (Phi) is 15.8. The average molecular weight is 431 g/mol. The molecule has 8 nitrogen and oxygen atoms in total. The van der Waals surface area contributed by atoms with E-state index in [-0.39, 0.29) is 37.0 Å². The molecule has 0 saturated carbocycles. The number of amides is 2. The molecule has 0 fully saturated rings. The third kappa shape index (κ3) is 12.8. The van der Waals surface area contributed by atoms with Crippen molar-refractivity contribution in [2.24, 2.45) is 0 Å². The predicted octanol–water partition coefficient (Wildman–Crippen LogP) is 3.49. The van der Waals surface area contributed by atoms with Gasteiger partial charge in [-0.25, -0.2) is 11.2 Å². The summed E-state index contributed by atoms with van der Waals surface area (Å²) < 4.78 is 14.3. The molecule has 2 amide bonds. The number of carbonyl (C=O) groups is 2. The number of nitrogens with zero attached hydrogens (tertiary/aromatic N) is 2. The van der Waals surface area contributed by atoms with Crippen LogP contribution in [0.25, 0.3) is 4.85 Å². The van der Waals surface area contributed by atoms with Crippen LogP contribution in [0.15, 0.2) is 0 Å². The zero-order chi connectivity index (χ0) is 22.2. The molecule has 0 bridgehead atoms. The van der Waals surface area contributed by atoms with Crippen LogP contribution in [0.3, 0.4) is 0 Å².